The Balaban J connectivity index is 0.000000354. The molecule has 0 amide bonds. The summed E-state index contributed by atoms with van der Waals surface area (Å²) in [6.45, 7) is 6.67. The molecule has 12 heavy (non-hydrogen) atoms. The van der Waals surface area contributed by atoms with Gasteiger partial charge in [-0.1, -0.05) is 39.0 Å². The van der Waals surface area contributed by atoms with Gasteiger partial charge in [0.1, 0.15) is 0 Å². The molecule has 0 aromatic heterocycles. The van der Waals surface area contributed by atoms with E-state index in [1.165, 1.54) is 5.57 Å². The van der Waals surface area contributed by atoms with Crippen molar-refractivity contribution in [2.75, 3.05) is 0 Å². The minimum absolute atomic E-state index is 0.669. The van der Waals surface area contributed by atoms with Crippen LogP contribution in [0, 0.1) is 11.8 Å². The van der Waals surface area contributed by atoms with Gasteiger partial charge in [0, 0.05) is 0 Å². The normalized spacial score (nSPS) is 20.2. The standard InChI is InChI=1S/C9H14.2ClH.Zr/c1-7(2)9-5-4-8(3)6-9;;;/h4-8H,1-3H3;2*1H;/q;;;+2/p-2. The summed E-state index contributed by atoms with van der Waals surface area (Å²) in [7, 11) is 9.87. The Morgan fingerprint density at radius 3 is 2.08 bits per heavy atom. The van der Waals surface area contributed by atoms with Gasteiger partial charge in [-0.3, -0.25) is 0 Å². The van der Waals surface area contributed by atoms with Gasteiger partial charge >= 0.3 is 37.9 Å². The Kier molecular flexibility index (Phi) is 7.93. The van der Waals surface area contributed by atoms with Crippen molar-refractivity contribution in [2.24, 2.45) is 11.8 Å². The van der Waals surface area contributed by atoms with Crippen LogP contribution in [0.3, 0.4) is 0 Å². The van der Waals surface area contributed by atoms with E-state index in [-0.39, 0.29) is 0 Å². The number of rotatable bonds is 1. The Labute approximate surface area is 93.7 Å². The van der Waals surface area contributed by atoms with E-state index in [0.717, 1.165) is 0 Å². The maximum absolute atomic E-state index is 4.93. The summed E-state index contributed by atoms with van der Waals surface area (Å²) in [5.74, 6) is 1.37. The molecule has 1 aliphatic rings. The third-order valence-corrected chi connectivity index (χ3v) is 1.71. The molecule has 3 heteroatoms. The van der Waals surface area contributed by atoms with Gasteiger partial charge < -0.3 is 0 Å². The molecular formula is C9H14Cl2Zr. The maximum atomic E-state index is 4.93. The molecule has 0 bridgehead atoms. The molecule has 0 saturated carbocycles. The van der Waals surface area contributed by atoms with Crippen LogP contribution in [-0.4, -0.2) is 0 Å². The van der Waals surface area contributed by atoms with Crippen LogP contribution in [-0.2, 0) is 20.8 Å². The first kappa shape index (κ1) is 12.9. The summed E-state index contributed by atoms with van der Waals surface area (Å²) >= 11 is -0.826. The van der Waals surface area contributed by atoms with Gasteiger partial charge in [-0.05, 0) is 17.4 Å². The van der Waals surface area contributed by atoms with E-state index in [1.807, 2.05) is 0 Å². The molecule has 0 nitrogen and oxygen atoms in total. The SMILES string of the molecule is CC1C=CC(C(C)C)=C1.[Cl][Zr][Cl]. The fraction of sp³-hybridized carbons (Fsp3) is 0.556. The summed E-state index contributed by atoms with van der Waals surface area (Å²) in [6, 6.07) is 0. The van der Waals surface area contributed by atoms with Gasteiger partial charge in [-0.2, -0.15) is 0 Å². The van der Waals surface area contributed by atoms with Crippen molar-refractivity contribution < 1.29 is 20.8 Å². The molecule has 1 atom stereocenters. The topological polar surface area (TPSA) is 0 Å². The molecule has 0 radical (unpaired) electrons. The van der Waals surface area contributed by atoms with Crippen molar-refractivity contribution in [2.45, 2.75) is 20.8 Å². The molecule has 0 aromatic carbocycles. The number of hydrogen-bond acceptors (Lipinski definition) is 0. The molecular weight excluding hydrogens is 270 g/mol. The molecule has 0 spiro atoms. The fourth-order valence-electron chi connectivity index (χ4n) is 1.06. The first-order valence-electron chi connectivity index (χ1n) is 3.98. The molecule has 1 rings (SSSR count). The van der Waals surface area contributed by atoms with Crippen molar-refractivity contribution in [3.05, 3.63) is 23.8 Å². The number of hydrogen-bond donors (Lipinski definition) is 0. The second-order valence-electron chi connectivity index (χ2n) is 3.11. The van der Waals surface area contributed by atoms with E-state index >= 15 is 0 Å². The van der Waals surface area contributed by atoms with Crippen molar-refractivity contribution >= 4 is 17.0 Å². The average molecular weight is 284 g/mol. The Bertz CT molecular complexity index is 173. The Morgan fingerprint density at radius 2 is 1.92 bits per heavy atom. The first-order chi connectivity index (χ1) is 5.61. The molecule has 0 N–H and O–H groups in total. The molecule has 68 valence electrons. The summed E-state index contributed by atoms with van der Waals surface area (Å²) in [5, 5.41) is 0. The zero-order chi connectivity index (χ0) is 9.56. The Hall–Kier alpha value is 0.943. The predicted molar refractivity (Wildman–Crippen MR) is 52.9 cm³/mol. The third-order valence-electron chi connectivity index (χ3n) is 1.71. The zero-order valence-electron chi connectivity index (χ0n) is 7.64. The minimum atomic E-state index is -0.826. The summed E-state index contributed by atoms with van der Waals surface area (Å²) < 4.78 is 0. The van der Waals surface area contributed by atoms with Gasteiger partial charge in [0.05, 0.1) is 0 Å². The molecule has 1 aliphatic carbocycles. The summed E-state index contributed by atoms with van der Waals surface area (Å²) in [4.78, 5) is 0. The van der Waals surface area contributed by atoms with Gasteiger partial charge in [-0.15, -0.1) is 0 Å². The quantitative estimate of drug-likeness (QED) is 0.678. The van der Waals surface area contributed by atoms with E-state index in [0.29, 0.717) is 11.8 Å². The summed E-state index contributed by atoms with van der Waals surface area (Å²) in [5.41, 5.74) is 1.49. The average Bonchev–Trinajstić information content (AvgIpc) is 2.37. The van der Waals surface area contributed by atoms with E-state index in [2.05, 4.69) is 39.0 Å². The first-order valence-corrected chi connectivity index (χ1v) is 10.3. The van der Waals surface area contributed by atoms with Crippen LogP contribution >= 0.6 is 17.0 Å². The molecule has 0 heterocycles. The van der Waals surface area contributed by atoms with Crippen LogP contribution in [0.1, 0.15) is 20.8 Å². The van der Waals surface area contributed by atoms with Crippen molar-refractivity contribution in [1.82, 2.24) is 0 Å². The van der Waals surface area contributed by atoms with Crippen molar-refractivity contribution in [1.29, 1.82) is 0 Å². The van der Waals surface area contributed by atoms with Crippen LogP contribution in [0.5, 0.6) is 0 Å². The zero-order valence-corrected chi connectivity index (χ0v) is 11.6. The molecule has 0 fully saturated rings. The number of allylic oxidation sites excluding steroid dienone is 4. The van der Waals surface area contributed by atoms with Crippen LogP contribution in [0.4, 0.5) is 0 Å². The van der Waals surface area contributed by atoms with Crippen LogP contribution < -0.4 is 0 Å². The predicted octanol–water partition coefficient (Wildman–Crippen LogP) is 4.15. The summed E-state index contributed by atoms with van der Waals surface area (Å²) in [6.07, 6.45) is 6.80. The Morgan fingerprint density at radius 1 is 1.42 bits per heavy atom. The molecule has 0 aliphatic heterocycles. The molecule has 1 unspecified atom stereocenters. The third kappa shape index (κ3) is 5.57. The molecule has 0 saturated heterocycles. The van der Waals surface area contributed by atoms with Crippen LogP contribution in [0.2, 0.25) is 0 Å². The fourth-order valence-corrected chi connectivity index (χ4v) is 1.06. The van der Waals surface area contributed by atoms with Gasteiger partial charge in [-0.25, -0.2) is 0 Å². The second-order valence-corrected chi connectivity index (χ2v) is 6.84. The van der Waals surface area contributed by atoms with Crippen molar-refractivity contribution in [3.63, 3.8) is 0 Å². The van der Waals surface area contributed by atoms with Crippen LogP contribution in [0.15, 0.2) is 23.8 Å². The van der Waals surface area contributed by atoms with E-state index in [1.54, 1.807) is 0 Å². The number of halogens is 2. The van der Waals surface area contributed by atoms with Gasteiger partial charge in [0.25, 0.3) is 0 Å². The van der Waals surface area contributed by atoms with E-state index < -0.39 is 20.8 Å². The van der Waals surface area contributed by atoms with Gasteiger partial charge in [0.15, 0.2) is 0 Å². The molecule has 0 aromatic rings. The van der Waals surface area contributed by atoms with Crippen molar-refractivity contribution in [3.8, 4) is 0 Å². The van der Waals surface area contributed by atoms with Crippen LogP contribution in [0.25, 0.3) is 0 Å². The van der Waals surface area contributed by atoms with E-state index in [9.17, 15) is 0 Å². The van der Waals surface area contributed by atoms with Gasteiger partial charge in [0.2, 0.25) is 0 Å². The van der Waals surface area contributed by atoms with E-state index in [4.69, 9.17) is 17.0 Å². The second kappa shape index (κ2) is 7.36. The monoisotopic (exact) mass is 282 g/mol.